The van der Waals surface area contributed by atoms with Crippen LogP contribution in [0.15, 0.2) is 53.4 Å². The van der Waals surface area contributed by atoms with E-state index in [1.807, 2.05) is 18.2 Å². The molecule has 1 N–H and O–H groups in total. The number of hydrogen-bond donors (Lipinski definition) is 1. The zero-order valence-electron chi connectivity index (χ0n) is 17.5. The first kappa shape index (κ1) is 20.0. The molecule has 0 saturated heterocycles. The third-order valence-corrected chi connectivity index (χ3v) is 7.64. The first-order valence-corrected chi connectivity index (χ1v) is 11.9. The Labute approximate surface area is 181 Å². The molecular formula is C23H24N4O3S. The van der Waals surface area contributed by atoms with Crippen molar-refractivity contribution < 1.29 is 13.2 Å². The highest BCUT2D eigenvalue weighted by Gasteiger charge is 2.28. The van der Waals surface area contributed by atoms with Crippen molar-refractivity contribution in [2.45, 2.75) is 37.6 Å². The van der Waals surface area contributed by atoms with E-state index in [4.69, 9.17) is 0 Å². The van der Waals surface area contributed by atoms with Crippen LogP contribution in [0.1, 0.15) is 31.5 Å². The van der Waals surface area contributed by atoms with Crippen LogP contribution in [-0.2, 0) is 21.2 Å². The lowest BCUT2D eigenvalue weighted by atomic mass is 9.98. The minimum Gasteiger partial charge on any atom is -0.312 e. The third-order valence-electron chi connectivity index (χ3n) is 6.05. The first-order chi connectivity index (χ1) is 14.9. The van der Waals surface area contributed by atoms with Gasteiger partial charge in [0.25, 0.3) is 10.0 Å². The molecule has 2 aliphatic heterocycles. The van der Waals surface area contributed by atoms with Gasteiger partial charge in [0.2, 0.25) is 5.91 Å². The quantitative estimate of drug-likeness (QED) is 0.682. The van der Waals surface area contributed by atoms with Gasteiger partial charge in [0.05, 0.1) is 16.1 Å². The van der Waals surface area contributed by atoms with Crippen LogP contribution in [0.2, 0.25) is 0 Å². The Hall–Kier alpha value is -2.97. The number of nitrogens with one attached hydrogen (secondary N) is 1. The number of carbonyl (C=O) groups is 1. The molecule has 31 heavy (non-hydrogen) atoms. The largest absolute Gasteiger partial charge is 0.312 e. The van der Waals surface area contributed by atoms with Crippen molar-refractivity contribution >= 4 is 38.1 Å². The van der Waals surface area contributed by atoms with Gasteiger partial charge in [0.15, 0.2) is 0 Å². The molecule has 0 fully saturated rings. The van der Waals surface area contributed by atoms with E-state index < -0.39 is 10.0 Å². The van der Waals surface area contributed by atoms with Crippen LogP contribution in [0.25, 0.3) is 16.5 Å². The Balaban J connectivity index is 1.63. The van der Waals surface area contributed by atoms with Crippen LogP contribution in [0.3, 0.4) is 0 Å². The zero-order valence-corrected chi connectivity index (χ0v) is 18.3. The van der Waals surface area contributed by atoms with Crippen molar-refractivity contribution in [3.05, 3.63) is 59.8 Å². The number of aromatic nitrogens is 2. The van der Waals surface area contributed by atoms with Crippen molar-refractivity contribution in [1.29, 1.82) is 0 Å². The summed E-state index contributed by atoms with van der Waals surface area (Å²) in [6.45, 7) is 4.94. The minimum atomic E-state index is -3.90. The topological polar surface area (TPSA) is 84.3 Å². The van der Waals surface area contributed by atoms with Crippen molar-refractivity contribution in [2.75, 3.05) is 18.0 Å². The van der Waals surface area contributed by atoms with Crippen LogP contribution >= 0.6 is 0 Å². The average Bonchev–Trinajstić information content (AvgIpc) is 3.35. The van der Waals surface area contributed by atoms with Gasteiger partial charge in [-0.2, -0.15) is 17.6 Å². The van der Waals surface area contributed by atoms with Gasteiger partial charge in [-0.15, -0.1) is 0 Å². The molecule has 3 aromatic rings. The van der Waals surface area contributed by atoms with Crippen LogP contribution in [0, 0.1) is 0 Å². The fourth-order valence-corrected chi connectivity index (χ4v) is 5.83. The Bertz CT molecular complexity index is 1340. The lowest BCUT2D eigenvalue weighted by Crippen LogP contribution is -2.30. The molecule has 2 aliphatic rings. The number of anilines is 1. The Morgan fingerprint density at radius 1 is 1.19 bits per heavy atom. The van der Waals surface area contributed by atoms with Gasteiger partial charge in [0, 0.05) is 37.1 Å². The summed E-state index contributed by atoms with van der Waals surface area (Å²) < 4.78 is 28.4. The first-order valence-electron chi connectivity index (χ1n) is 10.4. The fraction of sp³-hybridized carbons (Fsp3) is 0.304. The van der Waals surface area contributed by atoms with Crippen molar-refractivity contribution in [3.8, 4) is 0 Å². The molecule has 1 aromatic heterocycles. The molecule has 3 heterocycles. The second-order valence-corrected chi connectivity index (χ2v) is 9.94. The summed E-state index contributed by atoms with van der Waals surface area (Å²) in [6, 6.07) is 12.7. The molecule has 0 saturated carbocycles. The van der Waals surface area contributed by atoms with Crippen molar-refractivity contribution in [3.63, 3.8) is 0 Å². The number of carbonyl (C=O) groups excluding carboxylic acids is 1. The van der Waals surface area contributed by atoms with Gasteiger partial charge in [-0.25, -0.2) is 0 Å². The molecule has 0 spiro atoms. The number of para-hydroxylation sites is 1. The van der Waals surface area contributed by atoms with Gasteiger partial charge in [-0.05, 0) is 55.2 Å². The molecule has 8 heteroatoms. The second kappa shape index (κ2) is 7.32. The maximum atomic E-state index is 13.6. The predicted molar refractivity (Wildman–Crippen MR) is 121 cm³/mol. The number of fused-ring (bicyclic) bond motifs is 2. The van der Waals surface area contributed by atoms with Gasteiger partial charge >= 0.3 is 0 Å². The third kappa shape index (κ3) is 3.26. The molecular weight excluding hydrogens is 412 g/mol. The average molecular weight is 437 g/mol. The van der Waals surface area contributed by atoms with Crippen LogP contribution in [0.4, 0.5) is 5.69 Å². The summed E-state index contributed by atoms with van der Waals surface area (Å²) in [5.74, 6) is -0.0402. The van der Waals surface area contributed by atoms with Crippen LogP contribution in [-0.4, -0.2) is 42.6 Å². The molecule has 0 radical (unpaired) electrons. The van der Waals surface area contributed by atoms with Crippen LogP contribution in [0.5, 0.6) is 0 Å². The van der Waals surface area contributed by atoms with E-state index in [9.17, 15) is 13.2 Å². The number of rotatable bonds is 3. The van der Waals surface area contributed by atoms with E-state index >= 15 is 0 Å². The Kier molecular flexibility index (Phi) is 4.71. The van der Waals surface area contributed by atoms with E-state index in [2.05, 4.69) is 23.4 Å². The molecule has 1 unspecified atom stereocenters. The van der Waals surface area contributed by atoms with Crippen LogP contribution < -0.4 is 10.2 Å². The second-order valence-electron chi connectivity index (χ2n) is 8.17. The number of nitrogens with zero attached hydrogens (tertiary/aromatic N) is 3. The molecule has 0 bridgehead atoms. The molecule has 160 valence electrons. The van der Waals surface area contributed by atoms with E-state index in [1.54, 1.807) is 29.2 Å². The number of hydrogen-bond acceptors (Lipinski definition) is 5. The van der Waals surface area contributed by atoms with Crippen molar-refractivity contribution in [1.82, 2.24) is 14.5 Å². The fourth-order valence-electron chi connectivity index (χ4n) is 4.49. The minimum absolute atomic E-state index is 0.0402. The normalized spacial score (nSPS) is 18.8. The van der Waals surface area contributed by atoms with Crippen molar-refractivity contribution in [2.24, 2.45) is 0 Å². The molecule has 1 amide bonds. The molecule has 2 aromatic carbocycles. The highest BCUT2D eigenvalue weighted by atomic mass is 32.2. The molecule has 0 aliphatic carbocycles. The van der Waals surface area contributed by atoms with Gasteiger partial charge < -0.3 is 10.2 Å². The number of amides is 1. The maximum absolute atomic E-state index is 13.6. The molecule has 5 rings (SSSR count). The van der Waals surface area contributed by atoms with E-state index in [0.29, 0.717) is 24.5 Å². The standard InChI is InChI=1S/C23H24N4O3S/c1-15-13-18(9-11-24-15)23-20-5-3-4-6-22(20)27(25-23)31(29,30)19-7-8-21-17(14-19)10-12-26(21)16(2)28/h3-9,14-15,24H,10-13H2,1-2H3. The summed E-state index contributed by atoms with van der Waals surface area (Å²) >= 11 is 0. The highest BCUT2D eigenvalue weighted by Crippen LogP contribution is 2.33. The van der Waals surface area contributed by atoms with Gasteiger partial charge in [0.1, 0.15) is 0 Å². The number of benzene rings is 2. The van der Waals surface area contributed by atoms with E-state index in [1.165, 1.54) is 6.92 Å². The Morgan fingerprint density at radius 3 is 2.77 bits per heavy atom. The zero-order chi connectivity index (χ0) is 21.8. The Morgan fingerprint density at radius 2 is 2.00 bits per heavy atom. The van der Waals surface area contributed by atoms with E-state index in [0.717, 1.165) is 45.0 Å². The highest BCUT2D eigenvalue weighted by molar-refractivity contribution is 7.90. The summed E-state index contributed by atoms with van der Waals surface area (Å²) in [6.07, 6.45) is 3.51. The smallest absolute Gasteiger partial charge is 0.283 e. The predicted octanol–water partition coefficient (Wildman–Crippen LogP) is 2.95. The molecule has 7 nitrogen and oxygen atoms in total. The summed E-state index contributed by atoms with van der Waals surface area (Å²) in [5.41, 5.74) is 3.99. The van der Waals surface area contributed by atoms with E-state index in [-0.39, 0.29) is 10.8 Å². The lowest BCUT2D eigenvalue weighted by molar-refractivity contribution is -0.116. The monoisotopic (exact) mass is 436 g/mol. The summed E-state index contributed by atoms with van der Waals surface area (Å²) in [5, 5.41) is 8.80. The van der Waals surface area contributed by atoms with Gasteiger partial charge in [-0.3, -0.25) is 4.79 Å². The maximum Gasteiger partial charge on any atom is 0.283 e. The lowest BCUT2D eigenvalue weighted by Gasteiger charge is -2.19. The van der Waals surface area contributed by atoms with Gasteiger partial charge in [-0.1, -0.05) is 24.3 Å². The summed E-state index contributed by atoms with van der Waals surface area (Å²) in [4.78, 5) is 13.7. The molecule has 1 atom stereocenters. The summed E-state index contributed by atoms with van der Waals surface area (Å²) in [7, 11) is -3.90. The SMILES string of the molecule is CC(=O)N1CCc2cc(S(=O)(=O)n3nc(C4=CCNC(C)C4)c4ccccc43)ccc21.